The van der Waals surface area contributed by atoms with Gasteiger partial charge in [0.25, 0.3) is 0 Å². The fourth-order valence-corrected chi connectivity index (χ4v) is 6.19. The minimum Gasteiger partial charge on any atom is -0.294 e. The molecule has 0 fully saturated rings. The van der Waals surface area contributed by atoms with E-state index in [0.29, 0.717) is 21.8 Å². The average Bonchev–Trinajstić information content (AvgIpc) is 3.03. The Morgan fingerprint density at radius 3 is 2.44 bits per heavy atom. The molecular formula is C24H23ClN2O3S2. The Hall–Kier alpha value is -2.45. The van der Waals surface area contributed by atoms with E-state index in [-0.39, 0.29) is 15.8 Å². The van der Waals surface area contributed by atoms with Crippen molar-refractivity contribution in [3.8, 4) is 0 Å². The number of nitrogens with one attached hydrogen (secondary N) is 1. The van der Waals surface area contributed by atoms with E-state index < -0.39 is 10.0 Å². The second-order valence-corrected chi connectivity index (χ2v) is 11.1. The van der Waals surface area contributed by atoms with Gasteiger partial charge >= 0.3 is 4.87 Å². The molecule has 4 aromatic rings. The second-order valence-electron chi connectivity index (χ2n) is 7.91. The first-order chi connectivity index (χ1) is 15.1. The van der Waals surface area contributed by atoms with Crippen LogP contribution in [0.25, 0.3) is 10.2 Å². The SMILES string of the molecule is Cc1ccc([C@@H](C)NS(=O)(=O)c2ccc3c(c2)sc(=O)n3Cc2ccc(Cl)cc2)c(C)c1. The van der Waals surface area contributed by atoms with Crippen LogP contribution in [0, 0.1) is 13.8 Å². The van der Waals surface area contributed by atoms with Crippen molar-refractivity contribution >= 4 is 43.2 Å². The highest BCUT2D eigenvalue weighted by atomic mass is 35.5. The molecule has 3 aromatic carbocycles. The number of aromatic nitrogens is 1. The quantitative estimate of drug-likeness (QED) is 0.395. The molecule has 0 spiro atoms. The number of nitrogens with zero attached hydrogens (tertiary/aromatic N) is 1. The number of thiazole rings is 1. The Balaban J connectivity index is 1.63. The summed E-state index contributed by atoms with van der Waals surface area (Å²) in [6.45, 7) is 6.20. The summed E-state index contributed by atoms with van der Waals surface area (Å²) < 4.78 is 31.1. The number of aryl methyl sites for hydroxylation is 2. The molecule has 0 bridgehead atoms. The van der Waals surface area contributed by atoms with E-state index in [1.807, 2.05) is 51.1 Å². The lowest BCUT2D eigenvalue weighted by Crippen LogP contribution is -2.27. The van der Waals surface area contributed by atoms with E-state index in [2.05, 4.69) is 4.72 Å². The molecule has 166 valence electrons. The average molecular weight is 487 g/mol. The van der Waals surface area contributed by atoms with Gasteiger partial charge in [-0.05, 0) is 67.8 Å². The van der Waals surface area contributed by atoms with Gasteiger partial charge < -0.3 is 0 Å². The fraction of sp³-hybridized carbons (Fsp3) is 0.208. The minimum absolute atomic E-state index is 0.138. The van der Waals surface area contributed by atoms with Crippen LogP contribution in [0.2, 0.25) is 5.02 Å². The number of rotatable bonds is 6. The van der Waals surface area contributed by atoms with E-state index in [4.69, 9.17) is 11.6 Å². The maximum atomic E-state index is 13.0. The Kier molecular flexibility index (Phi) is 6.27. The Bertz CT molecular complexity index is 1460. The fourth-order valence-electron chi connectivity index (χ4n) is 3.81. The van der Waals surface area contributed by atoms with Crippen molar-refractivity contribution in [2.45, 2.75) is 38.3 Å². The molecule has 0 unspecified atom stereocenters. The van der Waals surface area contributed by atoms with Crippen LogP contribution in [0.3, 0.4) is 0 Å². The monoisotopic (exact) mass is 486 g/mol. The van der Waals surface area contributed by atoms with Crippen molar-refractivity contribution in [3.63, 3.8) is 0 Å². The van der Waals surface area contributed by atoms with Crippen molar-refractivity contribution < 1.29 is 8.42 Å². The standard InChI is InChI=1S/C24H23ClN2O3S2/c1-15-4-10-21(16(2)12-15)17(3)26-32(29,30)20-9-11-22-23(13-20)31-24(28)27(22)14-18-5-7-19(25)8-6-18/h4-13,17,26H,14H2,1-3H3/t17-/m1/s1. The van der Waals surface area contributed by atoms with Crippen molar-refractivity contribution in [3.05, 3.63) is 97.6 Å². The van der Waals surface area contributed by atoms with Crippen molar-refractivity contribution in [2.75, 3.05) is 0 Å². The van der Waals surface area contributed by atoms with Crippen LogP contribution >= 0.6 is 22.9 Å². The lowest BCUT2D eigenvalue weighted by molar-refractivity contribution is 0.566. The zero-order chi connectivity index (χ0) is 23.0. The minimum atomic E-state index is -3.76. The molecule has 0 amide bonds. The molecule has 8 heteroatoms. The third-order valence-corrected chi connectivity index (χ3v) is 8.16. The summed E-state index contributed by atoms with van der Waals surface area (Å²) in [5, 5.41) is 0.633. The second kappa shape index (κ2) is 8.83. The summed E-state index contributed by atoms with van der Waals surface area (Å²) in [4.78, 5) is 12.6. The van der Waals surface area contributed by atoms with E-state index >= 15 is 0 Å². The van der Waals surface area contributed by atoms with Gasteiger partial charge in [0.2, 0.25) is 10.0 Å². The largest absolute Gasteiger partial charge is 0.308 e. The topological polar surface area (TPSA) is 68.2 Å². The summed E-state index contributed by atoms with van der Waals surface area (Å²) in [7, 11) is -3.76. The maximum absolute atomic E-state index is 13.0. The Morgan fingerprint density at radius 1 is 1.03 bits per heavy atom. The van der Waals surface area contributed by atoms with Crippen molar-refractivity contribution in [2.24, 2.45) is 0 Å². The molecule has 1 N–H and O–H groups in total. The number of hydrogen-bond donors (Lipinski definition) is 1. The first-order valence-electron chi connectivity index (χ1n) is 10.1. The summed E-state index contributed by atoms with van der Waals surface area (Å²) in [5.74, 6) is 0. The number of hydrogen-bond acceptors (Lipinski definition) is 4. The van der Waals surface area contributed by atoms with E-state index in [9.17, 15) is 13.2 Å². The van der Waals surface area contributed by atoms with Gasteiger partial charge in [-0.1, -0.05) is 58.8 Å². The normalized spacial score (nSPS) is 12.9. The molecule has 0 radical (unpaired) electrons. The van der Waals surface area contributed by atoms with Crippen LogP contribution < -0.4 is 9.60 Å². The molecule has 4 rings (SSSR count). The van der Waals surface area contributed by atoms with Crippen LogP contribution in [-0.2, 0) is 16.6 Å². The van der Waals surface area contributed by atoms with Gasteiger partial charge in [0, 0.05) is 11.1 Å². The highest BCUT2D eigenvalue weighted by Crippen LogP contribution is 2.25. The van der Waals surface area contributed by atoms with E-state index in [0.717, 1.165) is 33.6 Å². The summed E-state index contributed by atoms with van der Waals surface area (Å²) in [6, 6.07) is 17.7. The number of halogens is 1. The molecular weight excluding hydrogens is 464 g/mol. The molecule has 0 aliphatic carbocycles. The van der Waals surface area contributed by atoms with Crippen LogP contribution in [0.15, 0.2) is 70.4 Å². The predicted molar refractivity (Wildman–Crippen MR) is 131 cm³/mol. The molecule has 0 saturated carbocycles. The van der Waals surface area contributed by atoms with Gasteiger partial charge in [0.05, 0.1) is 21.7 Å². The molecule has 1 aromatic heterocycles. The van der Waals surface area contributed by atoms with E-state index in [1.165, 1.54) is 0 Å². The Morgan fingerprint density at radius 2 is 1.75 bits per heavy atom. The van der Waals surface area contributed by atoms with Crippen molar-refractivity contribution in [1.29, 1.82) is 0 Å². The summed E-state index contributed by atoms with van der Waals surface area (Å²) in [5.41, 5.74) is 4.74. The molecule has 1 atom stereocenters. The molecule has 1 heterocycles. The van der Waals surface area contributed by atoms with Gasteiger partial charge in [0.1, 0.15) is 0 Å². The van der Waals surface area contributed by atoms with Crippen LogP contribution in [0.1, 0.15) is 35.2 Å². The van der Waals surface area contributed by atoms with E-state index in [1.54, 1.807) is 34.9 Å². The molecule has 0 saturated heterocycles. The van der Waals surface area contributed by atoms with Gasteiger partial charge in [-0.3, -0.25) is 9.36 Å². The lowest BCUT2D eigenvalue weighted by atomic mass is 10.0. The number of benzene rings is 3. The van der Waals surface area contributed by atoms with Gasteiger partial charge in [-0.2, -0.15) is 0 Å². The summed E-state index contributed by atoms with van der Waals surface area (Å²) in [6.07, 6.45) is 0. The van der Waals surface area contributed by atoms with Crippen LogP contribution in [0.4, 0.5) is 0 Å². The van der Waals surface area contributed by atoms with Crippen LogP contribution in [-0.4, -0.2) is 13.0 Å². The zero-order valence-electron chi connectivity index (χ0n) is 17.9. The molecule has 5 nitrogen and oxygen atoms in total. The first-order valence-corrected chi connectivity index (χ1v) is 12.8. The highest BCUT2D eigenvalue weighted by molar-refractivity contribution is 7.89. The first kappa shape index (κ1) is 22.7. The smallest absolute Gasteiger partial charge is 0.294 e. The number of fused-ring (bicyclic) bond motifs is 1. The molecule has 0 aliphatic rings. The van der Waals surface area contributed by atoms with Gasteiger partial charge in [-0.15, -0.1) is 0 Å². The van der Waals surface area contributed by atoms with Crippen molar-refractivity contribution in [1.82, 2.24) is 9.29 Å². The lowest BCUT2D eigenvalue weighted by Gasteiger charge is -2.17. The highest BCUT2D eigenvalue weighted by Gasteiger charge is 2.21. The Labute approximate surface area is 196 Å². The predicted octanol–water partition coefficient (Wildman–Crippen LogP) is 5.42. The third kappa shape index (κ3) is 4.66. The maximum Gasteiger partial charge on any atom is 0.308 e. The summed E-state index contributed by atoms with van der Waals surface area (Å²) >= 11 is 6.98. The molecule has 0 aliphatic heterocycles. The molecule has 32 heavy (non-hydrogen) atoms. The zero-order valence-corrected chi connectivity index (χ0v) is 20.3. The van der Waals surface area contributed by atoms with Gasteiger partial charge in [-0.25, -0.2) is 13.1 Å². The van der Waals surface area contributed by atoms with Gasteiger partial charge in [0.15, 0.2) is 0 Å². The van der Waals surface area contributed by atoms with Crippen LogP contribution in [0.5, 0.6) is 0 Å². The number of sulfonamides is 1. The third-order valence-electron chi connectivity index (χ3n) is 5.43.